The third kappa shape index (κ3) is 3.24. The van der Waals surface area contributed by atoms with Crippen LogP contribution in [0.1, 0.15) is 41.2 Å². The first-order valence-corrected chi connectivity index (χ1v) is 10.1. The predicted octanol–water partition coefficient (Wildman–Crippen LogP) is 5.81. The first kappa shape index (κ1) is 18.5. The number of hydrogen-bond donors (Lipinski definition) is 1. The molecule has 4 rings (SSSR count). The Kier molecular flexibility index (Phi) is 4.80. The van der Waals surface area contributed by atoms with Gasteiger partial charge in [0.05, 0.1) is 5.92 Å². The molecule has 0 bridgehead atoms. The highest BCUT2D eigenvalue weighted by Crippen LogP contribution is 2.59. The molecule has 0 radical (unpaired) electrons. The highest BCUT2D eigenvalue weighted by Gasteiger charge is 2.60. The molecule has 3 aromatic carbocycles. The van der Waals surface area contributed by atoms with E-state index in [1.54, 1.807) is 0 Å². The fourth-order valence-electron chi connectivity index (χ4n) is 4.26. The minimum Gasteiger partial charge on any atom is -0.326 e. The van der Waals surface area contributed by atoms with Crippen LogP contribution in [-0.2, 0) is 16.6 Å². The maximum Gasteiger partial charge on any atom is 0.228 e. The van der Waals surface area contributed by atoms with Crippen LogP contribution < -0.4 is 5.32 Å². The fourth-order valence-corrected chi connectivity index (χ4v) is 4.26. The Morgan fingerprint density at radius 2 is 1.43 bits per heavy atom. The lowest BCUT2D eigenvalue weighted by Crippen LogP contribution is -2.22. The Bertz CT molecular complexity index is 940. The van der Waals surface area contributed by atoms with E-state index in [2.05, 4.69) is 80.7 Å². The molecule has 0 saturated heterocycles. The van der Waals surface area contributed by atoms with E-state index in [9.17, 15) is 4.79 Å². The van der Waals surface area contributed by atoms with Crippen LogP contribution in [0.3, 0.4) is 0 Å². The van der Waals surface area contributed by atoms with Gasteiger partial charge in [0.2, 0.25) is 5.91 Å². The molecule has 0 aliphatic heterocycles. The fraction of sp³-hybridized carbons (Fsp3) is 0.269. The molecule has 0 aromatic heterocycles. The molecule has 28 heavy (non-hydrogen) atoms. The predicted molar refractivity (Wildman–Crippen MR) is 116 cm³/mol. The van der Waals surface area contributed by atoms with E-state index in [1.165, 1.54) is 27.8 Å². The summed E-state index contributed by atoms with van der Waals surface area (Å²) in [5, 5.41) is 3.20. The van der Waals surface area contributed by atoms with Gasteiger partial charge in [-0.05, 0) is 49.4 Å². The summed E-state index contributed by atoms with van der Waals surface area (Å²) in [7, 11) is 0. The number of carbonyl (C=O) groups is 1. The molecule has 142 valence electrons. The van der Waals surface area contributed by atoms with Crippen LogP contribution in [0, 0.1) is 19.8 Å². The molecule has 1 fully saturated rings. The van der Waals surface area contributed by atoms with Crippen LogP contribution in [0.4, 0.5) is 5.69 Å². The number of hydrogen-bond acceptors (Lipinski definition) is 1. The van der Waals surface area contributed by atoms with E-state index < -0.39 is 0 Å². The number of para-hydroxylation sites is 1. The van der Waals surface area contributed by atoms with Gasteiger partial charge in [-0.2, -0.15) is 0 Å². The van der Waals surface area contributed by atoms with Crippen LogP contribution in [-0.4, -0.2) is 5.91 Å². The molecule has 2 heteroatoms. The zero-order chi connectivity index (χ0) is 19.7. The molecule has 2 nitrogen and oxygen atoms in total. The van der Waals surface area contributed by atoms with Gasteiger partial charge in [0, 0.05) is 11.1 Å². The van der Waals surface area contributed by atoms with Gasteiger partial charge in [-0.25, -0.2) is 0 Å². The molecule has 1 N–H and O–H groups in total. The minimum atomic E-state index is -0.230. The first-order valence-electron chi connectivity index (χ1n) is 10.1. The molecule has 3 aromatic rings. The van der Waals surface area contributed by atoms with E-state index in [0.717, 1.165) is 18.5 Å². The monoisotopic (exact) mass is 369 g/mol. The van der Waals surface area contributed by atoms with Crippen molar-refractivity contribution in [1.82, 2.24) is 0 Å². The number of nitrogens with one attached hydrogen (secondary N) is 1. The average molecular weight is 370 g/mol. The van der Waals surface area contributed by atoms with Gasteiger partial charge in [0.15, 0.2) is 0 Å². The van der Waals surface area contributed by atoms with Crippen molar-refractivity contribution < 1.29 is 4.79 Å². The lowest BCUT2D eigenvalue weighted by molar-refractivity contribution is -0.117. The van der Waals surface area contributed by atoms with E-state index in [4.69, 9.17) is 0 Å². The Labute approximate surface area is 167 Å². The maximum absolute atomic E-state index is 13.2. The number of amides is 1. The van der Waals surface area contributed by atoms with Crippen molar-refractivity contribution in [3.63, 3.8) is 0 Å². The van der Waals surface area contributed by atoms with Gasteiger partial charge in [-0.1, -0.05) is 84.8 Å². The van der Waals surface area contributed by atoms with Crippen LogP contribution in [0.25, 0.3) is 0 Å². The summed E-state index contributed by atoms with van der Waals surface area (Å²) in [5.74, 6) is 0.0601. The minimum absolute atomic E-state index is 0.0529. The molecule has 1 amide bonds. The summed E-state index contributed by atoms with van der Waals surface area (Å²) in [6.45, 7) is 6.31. The van der Waals surface area contributed by atoms with Crippen molar-refractivity contribution in [2.45, 2.75) is 39.0 Å². The summed E-state index contributed by atoms with van der Waals surface area (Å²) in [4.78, 5) is 13.2. The Morgan fingerprint density at radius 3 is 1.96 bits per heavy atom. The summed E-state index contributed by atoms with van der Waals surface area (Å²) in [6, 6.07) is 25.4. The smallest absolute Gasteiger partial charge is 0.228 e. The van der Waals surface area contributed by atoms with Crippen molar-refractivity contribution in [3.8, 4) is 0 Å². The SMILES string of the molecule is CCc1ccccc1NC(=O)[C@H]1CC1(c1ccc(C)cc1)c1ccc(C)cc1. The largest absolute Gasteiger partial charge is 0.326 e. The molecular weight excluding hydrogens is 342 g/mol. The van der Waals surface area contributed by atoms with Crippen LogP contribution >= 0.6 is 0 Å². The number of aryl methyl sites for hydroxylation is 3. The van der Waals surface area contributed by atoms with E-state index in [-0.39, 0.29) is 17.2 Å². The molecule has 0 spiro atoms. The topological polar surface area (TPSA) is 29.1 Å². The summed E-state index contributed by atoms with van der Waals surface area (Å²) >= 11 is 0. The third-order valence-corrected chi connectivity index (χ3v) is 6.07. The van der Waals surface area contributed by atoms with Gasteiger partial charge in [-0.15, -0.1) is 0 Å². The normalized spacial score (nSPS) is 17.2. The molecule has 1 atom stereocenters. The van der Waals surface area contributed by atoms with Crippen molar-refractivity contribution in [3.05, 3.63) is 101 Å². The molecule has 1 aliphatic rings. The number of rotatable bonds is 5. The van der Waals surface area contributed by atoms with Crippen molar-refractivity contribution in [1.29, 1.82) is 0 Å². The van der Waals surface area contributed by atoms with Crippen molar-refractivity contribution in [2.24, 2.45) is 5.92 Å². The molecule has 0 heterocycles. The zero-order valence-electron chi connectivity index (χ0n) is 16.8. The summed E-state index contributed by atoms with van der Waals surface area (Å²) < 4.78 is 0. The highest BCUT2D eigenvalue weighted by atomic mass is 16.2. The Hall–Kier alpha value is -2.87. The van der Waals surface area contributed by atoms with Gasteiger partial charge in [0.25, 0.3) is 0 Å². The van der Waals surface area contributed by atoms with E-state index in [1.807, 2.05) is 18.2 Å². The Morgan fingerprint density at radius 1 is 0.893 bits per heavy atom. The molecule has 0 unspecified atom stereocenters. The van der Waals surface area contributed by atoms with Crippen LogP contribution in [0.15, 0.2) is 72.8 Å². The van der Waals surface area contributed by atoms with Gasteiger partial charge in [0.1, 0.15) is 0 Å². The lowest BCUT2D eigenvalue weighted by atomic mass is 9.85. The van der Waals surface area contributed by atoms with Crippen molar-refractivity contribution >= 4 is 11.6 Å². The quantitative estimate of drug-likeness (QED) is 0.604. The van der Waals surface area contributed by atoms with Crippen LogP contribution in [0.2, 0.25) is 0 Å². The maximum atomic E-state index is 13.2. The number of benzene rings is 3. The van der Waals surface area contributed by atoms with E-state index in [0.29, 0.717) is 0 Å². The van der Waals surface area contributed by atoms with Crippen LogP contribution in [0.5, 0.6) is 0 Å². The standard InChI is InChI=1S/C26H27NO/c1-4-20-7-5-6-8-24(20)27-25(28)23-17-26(23,21-13-9-18(2)10-14-21)22-15-11-19(3)12-16-22/h5-16,23H,4,17H2,1-3H3,(H,27,28)/t23-/m1/s1. The van der Waals surface area contributed by atoms with Crippen molar-refractivity contribution in [2.75, 3.05) is 5.32 Å². The Balaban J connectivity index is 1.68. The third-order valence-electron chi connectivity index (χ3n) is 6.07. The molecular formula is C26H27NO. The van der Waals surface area contributed by atoms with Gasteiger partial charge in [-0.3, -0.25) is 4.79 Å². The second-order valence-electron chi connectivity index (χ2n) is 7.96. The van der Waals surface area contributed by atoms with Gasteiger partial charge >= 0.3 is 0 Å². The average Bonchev–Trinajstić information content (AvgIpc) is 3.46. The molecule has 1 aliphatic carbocycles. The number of anilines is 1. The summed E-state index contributed by atoms with van der Waals surface area (Å²) in [6.07, 6.45) is 1.75. The van der Waals surface area contributed by atoms with E-state index >= 15 is 0 Å². The first-order chi connectivity index (χ1) is 13.5. The lowest BCUT2D eigenvalue weighted by Gasteiger charge is -2.20. The second-order valence-corrected chi connectivity index (χ2v) is 7.96. The second kappa shape index (κ2) is 7.27. The highest BCUT2D eigenvalue weighted by molar-refractivity contribution is 5.97. The summed E-state index contributed by atoms with van der Waals surface area (Å²) in [5.41, 5.74) is 6.81. The number of carbonyl (C=O) groups excluding carboxylic acids is 1. The van der Waals surface area contributed by atoms with Gasteiger partial charge < -0.3 is 5.32 Å². The zero-order valence-corrected chi connectivity index (χ0v) is 16.8. The molecule has 1 saturated carbocycles.